The lowest BCUT2D eigenvalue weighted by Gasteiger charge is -2.29. The zero-order valence-corrected chi connectivity index (χ0v) is 22.5. The smallest absolute Gasteiger partial charge is 0.295 e. The van der Waals surface area contributed by atoms with E-state index in [1.807, 2.05) is 45.0 Å². The minimum absolute atomic E-state index is 0.00136. The molecule has 2 aliphatic rings. The zero-order valence-electron chi connectivity index (χ0n) is 22.5. The van der Waals surface area contributed by atoms with E-state index in [2.05, 4.69) is 0 Å². The number of amides is 1. The maximum atomic E-state index is 13.7. The van der Waals surface area contributed by atoms with Crippen LogP contribution in [0, 0.1) is 0 Å². The van der Waals surface area contributed by atoms with Crippen LogP contribution in [0.2, 0.25) is 0 Å². The first kappa shape index (κ1) is 27.7. The molecule has 0 aliphatic carbocycles. The number of hydrogen-bond acceptors (Lipinski definition) is 6. The minimum atomic E-state index is -0.742. The Kier molecular flexibility index (Phi) is 9.42. The first-order valence-electron chi connectivity index (χ1n) is 13.6. The van der Waals surface area contributed by atoms with Crippen LogP contribution in [0.25, 0.3) is 5.76 Å². The van der Waals surface area contributed by atoms with Crippen LogP contribution in [0.4, 0.5) is 0 Å². The third-order valence-electron chi connectivity index (χ3n) is 6.82. The summed E-state index contributed by atoms with van der Waals surface area (Å²) in [6.45, 7) is 11.1. The zero-order chi connectivity index (χ0) is 27.1. The van der Waals surface area contributed by atoms with Gasteiger partial charge in [0.1, 0.15) is 24.6 Å². The summed E-state index contributed by atoms with van der Waals surface area (Å²) >= 11 is 0. The van der Waals surface area contributed by atoms with Crippen molar-refractivity contribution in [2.45, 2.75) is 45.8 Å². The van der Waals surface area contributed by atoms with E-state index in [1.54, 1.807) is 29.2 Å². The van der Waals surface area contributed by atoms with Crippen molar-refractivity contribution in [2.75, 3.05) is 46.0 Å². The molecule has 2 saturated heterocycles. The Hall–Kier alpha value is -3.36. The van der Waals surface area contributed by atoms with Crippen molar-refractivity contribution in [2.24, 2.45) is 0 Å². The van der Waals surface area contributed by atoms with Crippen LogP contribution in [0.5, 0.6) is 11.5 Å². The fourth-order valence-electron chi connectivity index (χ4n) is 4.94. The Balaban J connectivity index is 1.64. The Morgan fingerprint density at radius 1 is 1.05 bits per heavy atom. The number of morpholine rings is 1. The third-order valence-corrected chi connectivity index (χ3v) is 6.82. The Morgan fingerprint density at radius 3 is 2.34 bits per heavy atom. The maximum absolute atomic E-state index is 13.7. The van der Waals surface area contributed by atoms with E-state index in [0.29, 0.717) is 30.2 Å². The van der Waals surface area contributed by atoms with Gasteiger partial charge in [0.05, 0.1) is 38.5 Å². The summed E-state index contributed by atoms with van der Waals surface area (Å²) in [4.78, 5) is 29.5. The predicted octanol–water partition coefficient (Wildman–Crippen LogP) is 1.79. The lowest BCUT2D eigenvalue weighted by molar-refractivity contribution is -0.908. The molecule has 0 spiro atoms. The van der Waals surface area contributed by atoms with Gasteiger partial charge >= 0.3 is 0 Å². The van der Waals surface area contributed by atoms with Crippen molar-refractivity contribution >= 4 is 17.4 Å². The Bertz CT molecular complexity index is 1120. The van der Waals surface area contributed by atoms with Gasteiger partial charge < -0.3 is 29.1 Å². The van der Waals surface area contributed by atoms with Gasteiger partial charge in [0.15, 0.2) is 0 Å². The number of likely N-dealkylation sites (tertiary alicyclic amines) is 1. The topological polar surface area (TPSA) is 92.6 Å². The summed E-state index contributed by atoms with van der Waals surface area (Å²) in [5, 5.41) is 13.7. The van der Waals surface area contributed by atoms with Crippen molar-refractivity contribution in [3.05, 3.63) is 65.2 Å². The van der Waals surface area contributed by atoms with Gasteiger partial charge in [-0.25, -0.2) is 0 Å². The average Bonchev–Trinajstić information content (AvgIpc) is 3.17. The standard InChI is InChI=1S/C30H38N2O6/c1-4-18-37-24-10-6-22(7-11-24)27-26(28(33)23-8-12-25(13-9-23)38-21(2)3)29(34)30(35)32(27)15-5-14-31-16-19-36-20-17-31/h6-13,21,27,33H,4-5,14-20H2,1-3H3/b28-26+. The number of nitrogens with zero attached hydrogens (tertiary/aromatic N) is 1. The highest BCUT2D eigenvalue weighted by Crippen LogP contribution is 2.39. The van der Waals surface area contributed by atoms with Crippen LogP contribution in [-0.4, -0.2) is 68.7 Å². The SMILES string of the molecule is CCCOc1ccc(C2/C(=C(\[O-])c3ccc(OC(C)C)cc3)C(=O)C(=O)N2CCC[NH+]2CCOCC2)cc1. The van der Waals surface area contributed by atoms with Gasteiger partial charge in [0.2, 0.25) is 5.78 Å². The number of hydrogen-bond donors (Lipinski definition) is 1. The molecule has 0 bridgehead atoms. The first-order chi connectivity index (χ1) is 18.4. The molecule has 0 radical (unpaired) electrons. The van der Waals surface area contributed by atoms with Crippen LogP contribution in [0.1, 0.15) is 50.8 Å². The number of ketones is 1. The second kappa shape index (κ2) is 12.9. The second-order valence-corrected chi connectivity index (χ2v) is 10.0. The molecule has 4 rings (SSSR count). The number of benzene rings is 2. The van der Waals surface area contributed by atoms with E-state index in [0.717, 1.165) is 51.3 Å². The molecule has 2 heterocycles. The number of ether oxygens (including phenoxy) is 3. The fraction of sp³-hybridized carbons (Fsp3) is 0.467. The van der Waals surface area contributed by atoms with E-state index in [1.165, 1.54) is 4.90 Å². The van der Waals surface area contributed by atoms with Gasteiger partial charge in [0, 0.05) is 18.5 Å². The average molecular weight is 523 g/mol. The number of carbonyl (C=O) groups excluding carboxylic acids is 2. The van der Waals surface area contributed by atoms with Crippen LogP contribution >= 0.6 is 0 Å². The molecular weight excluding hydrogens is 484 g/mol. The molecule has 1 N–H and O–H groups in total. The van der Waals surface area contributed by atoms with Crippen LogP contribution in [-0.2, 0) is 14.3 Å². The van der Waals surface area contributed by atoms with Gasteiger partial charge in [-0.2, -0.15) is 0 Å². The largest absolute Gasteiger partial charge is 0.872 e. The van der Waals surface area contributed by atoms with Gasteiger partial charge in [-0.1, -0.05) is 36.9 Å². The highest BCUT2D eigenvalue weighted by Gasteiger charge is 2.44. The monoisotopic (exact) mass is 522 g/mol. The molecular formula is C30H38N2O6. The highest BCUT2D eigenvalue weighted by molar-refractivity contribution is 6.46. The lowest BCUT2D eigenvalue weighted by atomic mass is 9.95. The molecule has 1 amide bonds. The molecule has 8 heteroatoms. The second-order valence-electron chi connectivity index (χ2n) is 10.0. The molecule has 0 aromatic heterocycles. The predicted molar refractivity (Wildman–Crippen MR) is 142 cm³/mol. The summed E-state index contributed by atoms with van der Waals surface area (Å²) in [5.74, 6) is -0.435. The van der Waals surface area contributed by atoms with Crippen LogP contribution in [0.15, 0.2) is 54.1 Å². The number of carbonyl (C=O) groups is 2. The van der Waals surface area contributed by atoms with Gasteiger partial charge in [-0.05, 0) is 55.7 Å². The summed E-state index contributed by atoms with van der Waals surface area (Å²) in [7, 11) is 0. The van der Waals surface area contributed by atoms with Crippen molar-refractivity contribution < 1.29 is 33.8 Å². The quantitative estimate of drug-likeness (QED) is 0.275. The van der Waals surface area contributed by atoms with E-state index in [9.17, 15) is 14.7 Å². The molecule has 2 aliphatic heterocycles. The van der Waals surface area contributed by atoms with Crippen molar-refractivity contribution in [1.82, 2.24) is 4.90 Å². The fourth-order valence-corrected chi connectivity index (χ4v) is 4.94. The highest BCUT2D eigenvalue weighted by atomic mass is 16.5. The molecule has 0 saturated carbocycles. The molecule has 1 atom stereocenters. The van der Waals surface area contributed by atoms with E-state index < -0.39 is 23.5 Å². The molecule has 38 heavy (non-hydrogen) atoms. The van der Waals surface area contributed by atoms with Crippen molar-refractivity contribution in [1.29, 1.82) is 0 Å². The molecule has 2 fully saturated rings. The Labute approximate surface area is 224 Å². The summed E-state index contributed by atoms with van der Waals surface area (Å²) in [6, 6.07) is 13.3. The van der Waals surface area contributed by atoms with Gasteiger partial charge in [-0.3, -0.25) is 9.59 Å². The number of quaternary nitrogens is 1. The van der Waals surface area contributed by atoms with E-state index in [4.69, 9.17) is 14.2 Å². The van der Waals surface area contributed by atoms with Crippen molar-refractivity contribution in [3.63, 3.8) is 0 Å². The van der Waals surface area contributed by atoms with Crippen molar-refractivity contribution in [3.8, 4) is 11.5 Å². The summed E-state index contributed by atoms with van der Waals surface area (Å²) in [6.07, 6.45) is 1.62. The molecule has 1 unspecified atom stereocenters. The maximum Gasteiger partial charge on any atom is 0.295 e. The summed E-state index contributed by atoms with van der Waals surface area (Å²) < 4.78 is 16.8. The number of Topliss-reactive ketones (excluding diaryl/α,β-unsaturated/α-hetero) is 1. The summed E-state index contributed by atoms with van der Waals surface area (Å²) in [5.41, 5.74) is 1.06. The molecule has 2 aromatic carbocycles. The Morgan fingerprint density at radius 2 is 1.71 bits per heavy atom. The van der Waals surface area contributed by atoms with Crippen LogP contribution in [0.3, 0.4) is 0 Å². The number of rotatable bonds is 11. The number of nitrogens with one attached hydrogen (secondary N) is 1. The third kappa shape index (κ3) is 6.55. The van der Waals surface area contributed by atoms with Crippen LogP contribution < -0.4 is 19.5 Å². The lowest BCUT2D eigenvalue weighted by Crippen LogP contribution is -3.14. The van der Waals surface area contributed by atoms with Gasteiger partial charge in [0.25, 0.3) is 5.91 Å². The minimum Gasteiger partial charge on any atom is -0.872 e. The van der Waals surface area contributed by atoms with E-state index >= 15 is 0 Å². The molecule has 204 valence electrons. The normalized spacial score (nSPS) is 19.8. The van der Waals surface area contributed by atoms with Gasteiger partial charge in [-0.15, -0.1) is 0 Å². The first-order valence-corrected chi connectivity index (χ1v) is 13.6. The van der Waals surface area contributed by atoms with E-state index in [-0.39, 0.29) is 11.7 Å². The molecule has 2 aromatic rings. The molecule has 8 nitrogen and oxygen atoms in total.